The molecule has 5 heteroatoms. The second-order valence-electron chi connectivity index (χ2n) is 7.49. The highest BCUT2D eigenvalue weighted by molar-refractivity contribution is 5.58. The number of anilines is 1. The lowest BCUT2D eigenvalue weighted by molar-refractivity contribution is 0.148. The summed E-state index contributed by atoms with van der Waals surface area (Å²) in [5.74, 6) is 0. The van der Waals surface area contributed by atoms with Gasteiger partial charge in [0.05, 0.1) is 12.6 Å². The van der Waals surface area contributed by atoms with Gasteiger partial charge in [0.25, 0.3) is 0 Å². The van der Waals surface area contributed by atoms with Crippen LogP contribution in [-0.4, -0.2) is 68.8 Å². The summed E-state index contributed by atoms with van der Waals surface area (Å²) in [4.78, 5) is 5.01. The van der Waals surface area contributed by atoms with Gasteiger partial charge in [-0.15, -0.1) is 0 Å². The van der Waals surface area contributed by atoms with Crippen LogP contribution in [-0.2, 0) is 24.2 Å². The molecule has 132 valence electrons. The Morgan fingerprint density at radius 1 is 1.25 bits per heavy atom. The Balaban J connectivity index is 1.53. The van der Waals surface area contributed by atoms with Crippen molar-refractivity contribution in [2.24, 2.45) is 0 Å². The van der Waals surface area contributed by atoms with Gasteiger partial charge in [0, 0.05) is 51.6 Å². The summed E-state index contributed by atoms with van der Waals surface area (Å²) in [6.45, 7) is 9.59. The molecule has 5 nitrogen and oxygen atoms in total. The average molecular weight is 330 g/mol. The molecular formula is C19H30N4O. The minimum Gasteiger partial charge on any atom is -0.380 e. The van der Waals surface area contributed by atoms with E-state index >= 15 is 0 Å². The Morgan fingerprint density at radius 3 is 2.92 bits per heavy atom. The molecule has 2 saturated heterocycles. The Kier molecular flexibility index (Phi) is 5.03. The number of nitrogens with one attached hydrogen (secondary N) is 2. The maximum absolute atomic E-state index is 5.54. The molecule has 4 rings (SSSR count). The van der Waals surface area contributed by atoms with Gasteiger partial charge in [-0.3, -0.25) is 4.90 Å². The summed E-state index contributed by atoms with van der Waals surface area (Å²) in [6, 6.07) is 5.31. The molecule has 1 atom stereocenters. The quantitative estimate of drug-likeness (QED) is 0.870. The molecule has 0 bridgehead atoms. The van der Waals surface area contributed by atoms with Crippen LogP contribution in [0.15, 0.2) is 12.1 Å². The predicted octanol–water partition coefficient (Wildman–Crippen LogP) is 1.28. The van der Waals surface area contributed by atoms with Crippen LogP contribution in [0.1, 0.15) is 23.1 Å². The molecule has 3 aliphatic heterocycles. The number of fused-ring (bicyclic) bond motifs is 1. The molecule has 2 N–H and O–H groups in total. The van der Waals surface area contributed by atoms with Crippen LogP contribution < -0.4 is 10.6 Å². The largest absolute Gasteiger partial charge is 0.380 e. The minimum atomic E-state index is 0.468. The summed E-state index contributed by atoms with van der Waals surface area (Å²) in [6.07, 6.45) is 2.26. The molecule has 0 aliphatic carbocycles. The molecule has 24 heavy (non-hydrogen) atoms. The topological polar surface area (TPSA) is 39.8 Å². The molecule has 0 radical (unpaired) electrons. The summed E-state index contributed by atoms with van der Waals surface area (Å²) in [5.41, 5.74) is 5.79. The van der Waals surface area contributed by atoms with Crippen molar-refractivity contribution in [2.45, 2.75) is 32.0 Å². The smallest absolute Gasteiger partial charge is 0.0668 e. The fourth-order valence-electron chi connectivity index (χ4n) is 4.02. The van der Waals surface area contributed by atoms with E-state index in [9.17, 15) is 0 Å². The van der Waals surface area contributed by atoms with E-state index in [1.54, 1.807) is 0 Å². The van der Waals surface area contributed by atoms with Crippen LogP contribution in [0, 0.1) is 0 Å². The van der Waals surface area contributed by atoms with Crippen molar-refractivity contribution in [3.05, 3.63) is 28.8 Å². The maximum atomic E-state index is 5.54. The van der Waals surface area contributed by atoms with Crippen LogP contribution in [0.25, 0.3) is 0 Å². The van der Waals surface area contributed by atoms with E-state index in [0.717, 1.165) is 45.7 Å². The lowest BCUT2D eigenvalue weighted by Crippen LogP contribution is -2.43. The molecule has 2 fully saturated rings. The van der Waals surface area contributed by atoms with Gasteiger partial charge >= 0.3 is 0 Å². The standard InChI is InChI=1S/C19H30N4O/c1-22-5-7-23(8-6-22)13-15-10-16-2-4-20-12-18(16)19(11-15)21-17-3-9-24-14-17/h10-11,17,20-21H,2-9,12-14H2,1H3/t17-/m1/s1. The number of benzene rings is 1. The number of ether oxygens (including phenoxy) is 1. The second-order valence-corrected chi connectivity index (χ2v) is 7.49. The zero-order chi connectivity index (χ0) is 16.4. The number of nitrogens with zero attached hydrogens (tertiary/aromatic N) is 2. The number of likely N-dealkylation sites (N-methyl/N-ethyl adjacent to an activating group) is 1. The number of piperazine rings is 1. The molecule has 0 amide bonds. The Hall–Kier alpha value is -1.14. The van der Waals surface area contributed by atoms with E-state index in [1.165, 1.54) is 48.6 Å². The number of rotatable bonds is 4. The monoisotopic (exact) mass is 330 g/mol. The summed E-state index contributed by atoms with van der Waals surface area (Å²) < 4.78 is 5.54. The lowest BCUT2D eigenvalue weighted by atomic mass is 9.95. The Morgan fingerprint density at radius 2 is 2.12 bits per heavy atom. The highest BCUT2D eigenvalue weighted by Gasteiger charge is 2.21. The van der Waals surface area contributed by atoms with E-state index in [4.69, 9.17) is 4.74 Å². The molecule has 3 aliphatic rings. The molecule has 0 unspecified atom stereocenters. The number of hydrogen-bond donors (Lipinski definition) is 2. The first-order valence-electron chi connectivity index (χ1n) is 9.38. The molecular weight excluding hydrogens is 300 g/mol. The van der Waals surface area contributed by atoms with E-state index in [1.807, 2.05) is 0 Å². The SMILES string of the molecule is CN1CCN(Cc2cc3c(c(N[C@@H]4CCOC4)c2)CNCC3)CC1. The number of hydrogen-bond acceptors (Lipinski definition) is 5. The third-order valence-electron chi connectivity index (χ3n) is 5.57. The van der Waals surface area contributed by atoms with E-state index in [2.05, 4.69) is 39.6 Å². The van der Waals surface area contributed by atoms with E-state index in [-0.39, 0.29) is 0 Å². The van der Waals surface area contributed by atoms with Gasteiger partial charge in [0.2, 0.25) is 0 Å². The predicted molar refractivity (Wildman–Crippen MR) is 97.5 cm³/mol. The van der Waals surface area contributed by atoms with Gasteiger partial charge in [0.15, 0.2) is 0 Å². The van der Waals surface area contributed by atoms with Crippen LogP contribution in [0.3, 0.4) is 0 Å². The van der Waals surface area contributed by atoms with Gasteiger partial charge in [-0.2, -0.15) is 0 Å². The molecule has 0 aromatic heterocycles. The fourth-order valence-corrected chi connectivity index (χ4v) is 4.02. The fraction of sp³-hybridized carbons (Fsp3) is 0.684. The first-order chi connectivity index (χ1) is 11.8. The van der Waals surface area contributed by atoms with Crippen LogP contribution in [0.2, 0.25) is 0 Å². The third kappa shape index (κ3) is 3.75. The normalized spacial score (nSPS) is 25.6. The van der Waals surface area contributed by atoms with Crippen molar-refractivity contribution < 1.29 is 4.74 Å². The third-order valence-corrected chi connectivity index (χ3v) is 5.57. The summed E-state index contributed by atoms with van der Waals surface area (Å²) >= 11 is 0. The average Bonchev–Trinajstić information content (AvgIpc) is 3.10. The zero-order valence-corrected chi connectivity index (χ0v) is 14.8. The van der Waals surface area contributed by atoms with Crippen molar-refractivity contribution in [1.82, 2.24) is 15.1 Å². The minimum absolute atomic E-state index is 0.468. The summed E-state index contributed by atoms with van der Waals surface area (Å²) in [7, 11) is 2.22. The maximum Gasteiger partial charge on any atom is 0.0668 e. The van der Waals surface area contributed by atoms with Crippen molar-refractivity contribution in [3.63, 3.8) is 0 Å². The summed E-state index contributed by atoms with van der Waals surface area (Å²) in [5, 5.41) is 7.29. The molecule has 1 aromatic carbocycles. The van der Waals surface area contributed by atoms with Gasteiger partial charge in [-0.05, 0) is 49.2 Å². The second kappa shape index (κ2) is 7.40. The van der Waals surface area contributed by atoms with Crippen molar-refractivity contribution >= 4 is 5.69 Å². The first kappa shape index (κ1) is 16.3. The Bertz CT molecular complexity index is 563. The van der Waals surface area contributed by atoms with E-state index in [0.29, 0.717) is 6.04 Å². The highest BCUT2D eigenvalue weighted by atomic mass is 16.5. The van der Waals surface area contributed by atoms with Crippen molar-refractivity contribution in [1.29, 1.82) is 0 Å². The van der Waals surface area contributed by atoms with Gasteiger partial charge < -0.3 is 20.3 Å². The van der Waals surface area contributed by atoms with Gasteiger partial charge in [-0.1, -0.05) is 6.07 Å². The highest BCUT2D eigenvalue weighted by Crippen LogP contribution is 2.28. The van der Waals surface area contributed by atoms with Crippen LogP contribution in [0.4, 0.5) is 5.69 Å². The van der Waals surface area contributed by atoms with Crippen LogP contribution in [0.5, 0.6) is 0 Å². The molecule has 3 heterocycles. The first-order valence-corrected chi connectivity index (χ1v) is 9.38. The zero-order valence-electron chi connectivity index (χ0n) is 14.8. The molecule has 1 aromatic rings. The van der Waals surface area contributed by atoms with Gasteiger partial charge in [0.1, 0.15) is 0 Å². The molecule has 0 spiro atoms. The van der Waals surface area contributed by atoms with Crippen molar-refractivity contribution in [2.75, 3.05) is 58.3 Å². The lowest BCUT2D eigenvalue weighted by Gasteiger charge is -2.33. The van der Waals surface area contributed by atoms with E-state index < -0.39 is 0 Å². The van der Waals surface area contributed by atoms with Gasteiger partial charge in [-0.25, -0.2) is 0 Å². The van der Waals surface area contributed by atoms with Crippen molar-refractivity contribution in [3.8, 4) is 0 Å². The molecule has 0 saturated carbocycles. The Labute approximate surface area is 145 Å². The van der Waals surface area contributed by atoms with Crippen LogP contribution >= 0.6 is 0 Å².